The monoisotopic (exact) mass is 269 g/mol. The fraction of sp³-hybridized carbons (Fsp3) is 0.857. The first-order valence-electron chi connectivity index (χ1n) is 7.15. The number of carbonyl (C=O) groups excluding carboxylic acids is 1. The van der Waals surface area contributed by atoms with E-state index in [1.807, 2.05) is 18.7 Å². The Hall–Kier alpha value is -1.10. The first-order valence-corrected chi connectivity index (χ1v) is 7.15. The van der Waals surface area contributed by atoms with Crippen molar-refractivity contribution in [1.29, 1.82) is 0 Å². The fourth-order valence-corrected chi connectivity index (χ4v) is 3.33. The minimum absolute atomic E-state index is 0.0203. The lowest BCUT2D eigenvalue weighted by Crippen LogP contribution is -2.51. The van der Waals surface area contributed by atoms with Crippen LogP contribution in [0.5, 0.6) is 0 Å². The molecule has 0 bridgehead atoms. The zero-order valence-corrected chi connectivity index (χ0v) is 11.7. The van der Waals surface area contributed by atoms with E-state index < -0.39 is 11.9 Å². The number of ether oxygens (including phenoxy) is 1. The van der Waals surface area contributed by atoms with Gasteiger partial charge < -0.3 is 14.7 Å². The van der Waals surface area contributed by atoms with E-state index in [-0.39, 0.29) is 17.9 Å². The molecule has 1 aliphatic heterocycles. The molecular formula is C14H23NO4. The summed E-state index contributed by atoms with van der Waals surface area (Å²) in [7, 11) is 0. The van der Waals surface area contributed by atoms with Gasteiger partial charge in [0.2, 0.25) is 5.91 Å². The molecule has 108 valence electrons. The summed E-state index contributed by atoms with van der Waals surface area (Å²) in [5.41, 5.74) is 0. The zero-order valence-electron chi connectivity index (χ0n) is 11.7. The molecule has 1 N–H and O–H groups in total. The first-order chi connectivity index (χ1) is 9.04. The third-order valence-electron chi connectivity index (χ3n) is 4.41. The van der Waals surface area contributed by atoms with Crippen molar-refractivity contribution >= 4 is 11.9 Å². The number of carboxylic acids is 1. The molecule has 1 aliphatic carbocycles. The minimum atomic E-state index is -0.830. The number of morpholine rings is 1. The van der Waals surface area contributed by atoms with Crippen molar-refractivity contribution in [3.05, 3.63) is 0 Å². The molecule has 0 aromatic carbocycles. The summed E-state index contributed by atoms with van der Waals surface area (Å²) in [6.07, 6.45) is 2.17. The van der Waals surface area contributed by atoms with Crippen LogP contribution < -0.4 is 0 Å². The molecule has 4 atom stereocenters. The summed E-state index contributed by atoms with van der Waals surface area (Å²) in [6, 6.07) is 0.103. The van der Waals surface area contributed by atoms with E-state index in [2.05, 4.69) is 0 Å². The molecule has 1 saturated carbocycles. The number of hydrogen-bond acceptors (Lipinski definition) is 3. The van der Waals surface area contributed by atoms with Gasteiger partial charge in [-0.25, -0.2) is 0 Å². The van der Waals surface area contributed by atoms with Gasteiger partial charge in [-0.05, 0) is 25.2 Å². The number of carbonyl (C=O) groups is 2. The number of nitrogens with zero attached hydrogens (tertiary/aromatic N) is 1. The van der Waals surface area contributed by atoms with E-state index >= 15 is 0 Å². The number of amides is 1. The Morgan fingerprint density at radius 3 is 2.63 bits per heavy atom. The predicted molar refractivity (Wildman–Crippen MR) is 69.6 cm³/mol. The van der Waals surface area contributed by atoms with Gasteiger partial charge in [0.25, 0.3) is 0 Å². The summed E-state index contributed by atoms with van der Waals surface area (Å²) in [4.78, 5) is 25.8. The lowest BCUT2D eigenvalue weighted by Gasteiger charge is -2.37. The summed E-state index contributed by atoms with van der Waals surface area (Å²) in [5.74, 6) is -1.35. The highest BCUT2D eigenvalue weighted by molar-refractivity contribution is 5.85. The second-order valence-corrected chi connectivity index (χ2v) is 5.80. The molecule has 0 radical (unpaired) electrons. The molecule has 0 aromatic heterocycles. The van der Waals surface area contributed by atoms with Gasteiger partial charge in [-0.15, -0.1) is 0 Å². The Kier molecular flexibility index (Phi) is 4.45. The van der Waals surface area contributed by atoms with E-state index in [1.165, 1.54) is 0 Å². The van der Waals surface area contributed by atoms with Gasteiger partial charge in [0.1, 0.15) is 0 Å². The molecule has 5 nitrogen and oxygen atoms in total. The molecule has 2 unspecified atom stereocenters. The fourth-order valence-electron chi connectivity index (χ4n) is 3.33. The van der Waals surface area contributed by atoms with Crippen LogP contribution in [0.4, 0.5) is 0 Å². The van der Waals surface area contributed by atoms with E-state index in [1.54, 1.807) is 0 Å². The van der Waals surface area contributed by atoms with Crippen molar-refractivity contribution in [3.63, 3.8) is 0 Å². The van der Waals surface area contributed by atoms with Crippen LogP contribution in [0.1, 0.15) is 33.1 Å². The second kappa shape index (κ2) is 5.90. The average Bonchev–Trinajstić information content (AvgIpc) is 2.80. The topological polar surface area (TPSA) is 66.8 Å². The van der Waals surface area contributed by atoms with Crippen LogP contribution in [0.25, 0.3) is 0 Å². The second-order valence-electron chi connectivity index (χ2n) is 5.80. The minimum Gasteiger partial charge on any atom is -0.481 e. The Balaban J connectivity index is 2.11. The molecule has 2 aliphatic rings. The van der Waals surface area contributed by atoms with E-state index in [9.17, 15) is 14.7 Å². The zero-order chi connectivity index (χ0) is 14.0. The Labute approximate surface area is 113 Å². The average molecular weight is 269 g/mol. The lowest BCUT2D eigenvalue weighted by molar-refractivity contribution is -0.153. The Bertz CT molecular complexity index is 357. The van der Waals surface area contributed by atoms with Crippen LogP contribution in [0.2, 0.25) is 0 Å². The summed E-state index contributed by atoms with van der Waals surface area (Å²) >= 11 is 0. The largest absolute Gasteiger partial charge is 0.481 e. The normalized spacial score (nSPS) is 35.4. The van der Waals surface area contributed by atoms with Crippen LogP contribution in [0.15, 0.2) is 0 Å². The molecule has 1 amide bonds. The number of carboxylic acid groups (broad SMARTS) is 1. The highest BCUT2D eigenvalue weighted by Gasteiger charge is 2.44. The van der Waals surface area contributed by atoms with Crippen LogP contribution >= 0.6 is 0 Å². The molecular weight excluding hydrogens is 246 g/mol. The standard InChI is InChI=1S/C14H23NO4/c1-3-10-8-19-5-4-15(10)13(16)11-6-9(2)7-12(11)14(17)18/h9-12H,3-8H2,1-2H3,(H,17,18)/t9?,10?,11-,12+/m0/s1. The van der Waals surface area contributed by atoms with Crippen molar-refractivity contribution in [2.45, 2.75) is 39.2 Å². The quantitative estimate of drug-likeness (QED) is 0.840. The third-order valence-corrected chi connectivity index (χ3v) is 4.41. The Morgan fingerprint density at radius 2 is 2.00 bits per heavy atom. The Morgan fingerprint density at radius 1 is 1.32 bits per heavy atom. The summed E-state index contributed by atoms with van der Waals surface area (Å²) in [5, 5.41) is 9.28. The predicted octanol–water partition coefficient (Wildman–Crippen LogP) is 1.37. The van der Waals surface area contributed by atoms with Gasteiger partial charge in [0, 0.05) is 6.54 Å². The summed E-state index contributed by atoms with van der Waals surface area (Å²) in [6.45, 7) is 5.78. The van der Waals surface area contributed by atoms with Crippen molar-refractivity contribution in [3.8, 4) is 0 Å². The molecule has 2 fully saturated rings. The van der Waals surface area contributed by atoms with Crippen molar-refractivity contribution < 1.29 is 19.4 Å². The molecule has 0 aromatic rings. The van der Waals surface area contributed by atoms with Gasteiger partial charge in [-0.2, -0.15) is 0 Å². The van der Waals surface area contributed by atoms with Crippen molar-refractivity contribution in [2.24, 2.45) is 17.8 Å². The van der Waals surface area contributed by atoms with Gasteiger partial charge in [0.15, 0.2) is 0 Å². The smallest absolute Gasteiger partial charge is 0.307 e. The maximum Gasteiger partial charge on any atom is 0.307 e. The van der Waals surface area contributed by atoms with Gasteiger partial charge in [-0.3, -0.25) is 9.59 Å². The van der Waals surface area contributed by atoms with Gasteiger partial charge in [-0.1, -0.05) is 13.8 Å². The van der Waals surface area contributed by atoms with Crippen LogP contribution in [0, 0.1) is 17.8 Å². The molecule has 0 spiro atoms. The molecule has 1 heterocycles. The molecule has 2 rings (SSSR count). The summed E-state index contributed by atoms with van der Waals surface area (Å²) < 4.78 is 5.40. The van der Waals surface area contributed by atoms with E-state index in [0.29, 0.717) is 38.5 Å². The van der Waals surface area contributed by atoms with E-state index in [4.69, 9.17) is 4.74 Å². The van der Waals surface area contributed by atoms with Crippen molar-refractivity contribution in [1.82, 2.24) is 4.90 Å². The highest BCUT2D eigenvalue weighted by Crippen LogP contribution is 2.38. The number of aliphatic carboxylic acids is 1. The maximum absolute atomic E-state index is 12.6. The lowest BCUT2D eigenvalue weighted by atomic mass is 9.93. The van der Waals surface area contributed by atoms with Crippen LogP contribution in [-0.4, -0.2) is 47.7 Å². The number of hydrogen-bond donors (Lipinski definition) is 1. The van der Waals surface area contributed by atoms with Crippen LogP contribution in [0.3, 0.4) is 0 Å². The molecule has 1 saturated heterocycles. The van der Waals surface area contributed by atoms with Gasteiger partial charge >= 0.3 is 5.97 Å². The third kappa shape index (κ3) is 2.91. The van der Waals surface area contributed by atoms with Crippen LogP contribution in [-0.2, 0) is 14.3 Å². The molecule has 19 heavy (non-hydrogen) atoms. The van der Waals surface area contributed by atoms with Crippen molar-refractivity contribution in [2.75, 3.05) is 19.8 Å². The molecule has 5 heteroatoms. The highest BCUT2D eigenvalue weighted by atomic mass is 16.5. The number of rotatable bonds is 3. The maximum atomic E-state index is 12.6. The van der Waals surface area contributed by atoms with Gasteiger partial charge in [0.05, 0.1) is 31.1 Å². The SMILES string of the molecule is CCC1COCCN1C(=O)[C@H]1CC(C)C[C@H]1C(=O)O. The van der Waals surface area contributed by atoms with E-state index in [0.717, 1.165) is 6.42 Å². The first kappa shape index (κ1) is 14.3.